The smallest absolute Gasteiger partial charge is 0.253 e. The Hall–Kier alpha value is -2.32. The fraction of sp³-hybridized carbons (Fsp3) is 0.600. The Balaban J connectivity index is 1.66. The van der Waals surface area contributed by atoms with Crippen molar-refractivity contribution in [3.05, 3.63) is 41.7 Å². The molecular formula is C20H28N6O2. The first-order valence-electron chi connectivity index (χ1n) is 10.1. The zero-order chi connectivity index (χ0) is 19.4. The van der Waals surface area contributed by atoms with Gasteiger partial charge in [-0.3, -0.25) is 9.69 Å². The third kappa shape index (κ3) is 3.54. The number of piperidine rings is 1. The molecule has 2 aromatic rings. The predicted molar refractivity (Wildman–Crippen MR) is 104 cm³/mol. The van der Waals surface area contributed by atoms with Crippen LogP contribution in [0.4, 0.5) is 0 Å². The summed E-state index contributed by atoms with van der Waals surface area (Å²) in [6.07, 6.45) is 4.24. The van der Waals surface area contributed by atoms with Crippen molar-refractivity contribution in [1.29, 1.82) is 0 Å². The summed E-state index contributed by atoms with van der Waals surface area (Å²) < 4.78 is 7.10. The third-order valence-electron chi connectivity index (χ3n) is 5.95. The second kappa shape index (κ2) is 8.36. The van der Waals surface area contributed by atoms with Crippen molar-refractivity contribution < 1.29 is 9.53 Å². The maximum Gasteiger partial charge on any atom is 0.253 e. The van der Waals surface area contributed by atoms with Gasteiger partial charge in [-0.2, -0.15) is 0 Å². The van der Waals surface area contributed by atoms with Gasteiger partial charge in [0.2, 0.25) is 0 Å². The lowest BCUT2D eigenvalue weighted by atomic mass is 9.85. The number of tetrazole rings is 1. The molecule has 2 aliphatic rings. The molecular weight excluding hydrogens is 356 g/mol. The van der Waals surface area contributed by atoms with Crippen molar-refractivity contribution >= 4 is 5.91 Å². The second-order valence-electron chi connectivity index (χ2n) is 7.64. The number of amides is 1. The average molecular weight is 384 g/mol. The lowest BCUT2D eigenvalue weighted by Crippen LogP contribution is -2.58. The van der Waals surface area contributed by atoms with E-state index >= 15 is 0 Å². The highest BCUT2D eigenvalue weighted by atomic mass is 16.5. The molecule has 0 aliphatic carbocycles. The molecule has 1 atom stereocenters. The fourth-order valence-corrected chi connectivity index (χ4v) is 4.57. The lowest BCUT2D eigenvalue weighted by Gasteiger charge is -2.47. The van der Waals surface area contributed by atoms with Crippen LogP contribution in [0.25, 0.3) is 0 Å². The Morgan fingerprint density at radius 3 is 2.68 bits per heavy atom. The van der Waals surface area contributed by atoms with Gasteiger partial charge in [0.15, 0.2) is 5.82 Å². The van der Waals surface area contributed by atoms with Crippen molar-refractivity contribution in [2.24, 2.45) is 0 Å². The standard InChI is InChI=1S/C20H28N6O2/c1-28-15-14-26-19(21-22-23-26)20(25-12-5-6-13-25)10-7-11-24(16-20)18(27)17-8-3-2-4-9-17/h2-4,8-9H,5-7,10-16H2,1H3. The van der Waals surface area contributed by atoms with Gasteiger partial charge >= 0.3 is 0 Å². The van der Waals surface area contributed by atoms with E-state index in [4.69, 9.17) is 4.74 Å². The molecule has 0 bridgehead atoms. The number of carbonyl (C=O) groups is 1. The van der Waals surface area contributed by atoms with Gasteiger partial charge in [0.25, 0.3) is 5.91 Å². The molecule has 0 radical (unpaired) electrons. The van der Waals surface area contributed by atoms with Gasteiger partial charge in [0.1, 0.15) is 5.54 Å². The van der Waals surface area contributed by atoms with E-state index in [1.807, 2.05) is 39.9 Å². The van der Waals surface area contributed by atoms with Crippen LogP contribution in [0.5, 0.6) is 0 Å². The normalized spacial score (nSPS) is 23.2. The van der Waals surface area contributed by atoms with E-state index in [9.17, 15) is 4.79 Å². The average Bonchev–Trinajstić information content (AvgIpc) is 3.45. The fourth-order valence-electron chi connectivity index (χ4n) is 4.57. The Labute approximate surface area is 165 Å². The van der Waals surface area contributed by atoms with Gasteiger partial charge in [-0.05, 0) is 61.3 Å². The molecule has 8 nitrogen and oxygen atoms in total. The summed E-state index contributed by atoms with van der Waals surface area (Å²) in [7, 11) is 1.68. The van der Waals surface area contributed by atoms with Gasteiger partial charge in [-0.1, -0.05) is 18.2 Å². The number of rotatable bonds is 6. The van der Waals surface area contributed by atoms with E-state index in [0.717, 1.165) is 43.9 Å². The van der Waals surface area contributed by atoms with Gasteiger partial charge < -0.3 is 9.64 Å². The Morgan fingerprint density at radius 2 is 1.93 bits per heavy atom. The Bertz CT molecular complexity index is 789. The summed E-state index contributed by atoms with van der Waals surface area (Å²) in [5.74, 6) is 0.941. The van der Waals surface area contributed by atoms with E-state index in [-0.39, 0.29) is 11.4 Å². The van der Waals surface area contributed by atoms with Crippen LogP contribution >= 0.6 is 0 Å². The minimum atomic E-state index is -0.337. The predicted octanol–water partition coefficient (Wildman–Crippen LogP) is 1.55. The SMILES string of the molecule is COCCn1nnnc1C1(N2CCCC2)CCCN(C(=O)c2ccccc2)C1. The molecule has 0 spiro atoms. The molecule has 4 rings (SSSR count). The number of carbonyl (C=O) groups excluding carboxylic acids is 1. The largest absolute Gasteiger partial charge is 0.383 e. The molecule has 150 valence electrons. The summed E-state index contributed by atoms with van der Waals surface area (Å²) in [4.78, 5) is 17.6. The van der Waals surface area contributed by atoms with Crippen molar-refractivity contribution in [1.82, 2.24) is 30.0 Å². The van der Waals surface area contributed by atoms with Crippen LogP contribution in [0.1, 0.15) is 41.9 Å². The van der Waals surface area contributed by atoms with Gasteiger partial charge in [-0.15, -0.1) is 5.10 Å². The van der Waals surface area contributed by atoms with Crippen molar-refractivity contribution in [2.45, 2.75) is 37.8 Å². The highest BCUT2D eigenvalue weighted by Gasteiger charge is 2.48. The first kappa shape index (κ1) is 19.0. The molecule has 1 aromatic heterocycles. The van der Waals surface area contributed by atoms with Crippen LogP contribution in [-0.2, 0) is 16.8 Å². The number of methoxy groups -OCH3 is 1. The quantitative estimate of drug-likeness (QED) is 0.752. The van der Waals surface area contributed by atoms with Gasteiger partial charge in [0.05, 0.1) is 13.2 Å². The van der Waals surface area contributed by atoms with E-state index in [1.165, 1.54) is 12.8 Å². The first-order chi connectivity index (χ1) is 13.7. The van der Waals surface area contributed by atoms with E-state index in [1.54, 1.807) is 7.11 Å². The summed E-state index contributed by atoms with van der Waals surface area (Å²) >= 11 is 0. The van der Waals surface area contributed by atoms with E-state index < -0.39 is 0 Å². The van der Waals surface area contributed by atoms with Crippen LogP contribution < -0.4 is 0 Å². The summed E-state index contributed by atoms with van der Waals surface area (Å²) in [5, 5.41) is 12.6. The zero-order valence-electron chi connectivity index (χ0n) is 16.5. The van der Waals surface area contributed by atoms with E-state index in [2.05, 4.69) is 20.4 Å². The van der Waals surface area contributed by atoms with Crippen LogP contribution in [0.3, 0.4) is 0 Å². The number of hydrogen-bond donors (Lipinski definition) is 0. The van der Waals surface area contributed by atoms with Crippen molar-refractivity contribution in [3.63, 3.8) is 0 Å². The maximum absolute atomic E-state index is 13.2. The molecule has 28 heavy (non-hydrogen) atoms. The van der Waals surface area contributed by atoms with Crippen molar-refractivity contribution in [2.75, 3.05) is 39.9 Å². The molecule has 1 amide bonds. The molecule has 8 heteroatoms. The third-order valence-corrected chi connectivity index (χ3v) is 5.95. The minimum absolute atomic E-state index is 0.0831. The molecule has 3 heterocycles. The monoisotopic (exact) mass is 384 g/mol. The van der Waals surface area contributed by atoms with Crippen LogP contribution in [-0.4, -0.2) is 75.8 Å². The molecule has 2 aliphatic heterocycles. The topological polar surface area (TPSA) is 76.4 Å². The number of ether oxygens (including phenoxy) is 1. The zero-order valence-corrected chi connectivity index (χ0v) is 16.5. The molecule has 1 unspecified atom stereocenters. The highest BCUT2D eigenvalue weighted by molar-refractivity contribution is 5.94. The summed E-state index contributed by atoms with van der Waals surface area (Å²) in [6, 6.07) is 9.53. The highest BCUT2D eigenvalue weighted by Crippen LogP contribution is 2.38. The number of nitrogens with zero attached hydrogens (tertiary/aromatic N) is 6. The number of aromatic nitrogens is 4. The van der Waals surface area contributed by atoms with Gasteiger partial charge in [0, 0.05) is 25.8 Å². The number of hydrogen-bond acceptors (Lipinski definition) is 6. The minimum Gasteiger partial charge on any atom is -0.383 e. The van der Waals surface area contributed by atoms with Crippen LogP contribution in [0, 0.1) is 0 Å². The molecule has 0 N–H and O–H groups in total. The Kier molecular flexibility index (Phi) is 5.68. The van der Waals surface area contributed by atoms with Gasteiger partial charge in [-0.25, -0.2) is 4.68 Å². The first-order valence-corrected chi connectivity index (χ1v) is 10.1. The lowest BCUT2D eigenvalue weighted by molar-refractivity contribution is 0.0121. The van der Waals surface area contributed by atoms with E-state index in [0.29, 0.717) is 19.7 Å². The van der Waals surface area contributed by atoms with Crippen LogP contribution in [0.2, 0.25) is 0 Å². The molecule has 2 saturated heterocycles. The number of likely N-dealkylation sites (tertiary alicyclic amines) is 2. The van der Waals surface area contributed by atoms with Crippen molar-refractivity contribution in [3.8, 4) is 0 Å². The Morgan fingerprint density at radius 1 is 1.14 bits per heavy atom. The molecule has 2 fully saturated rings. The number of benzene rings is 1. The van der Waals surface area contributed by atoms with Crippen LogP contribution in [0.15, 0.2) is 30.3 Å². The summed E-state index contributed by atoms with van der Waals surface area (Å²) in [5.41, 5.74) is 0.398. The molecule has 0 saturated carbocycles. The maximum atomic E-state index is 13.2. The summed E-state index contributed by atoms with van der Waals surface area (Å²) in [6.45, 7) is 4.59. The molecule has 1 aromatic carbocycles. The second-order valence-corrected chi connectivity index (χ2v) is 7.64.